The van der Waals surface area contributed by atoms with E-state index in [1.165, 1.54) is 12.1 Å². The summed E-state index contributed by atoms with van der Waals surface area (Å²) in [5.74, 6) is -1.71. The predicted molar refractivity (Wildman–Crippen MR) is 69.6 cm³/mol. The lowest BCUT2D eigenvalue weighted by molar-refractivity contribution is 0.0691. The summed E-state index contributed by atoms with van der Waals surface area (Å²) in [4.78, 5) is 2.12. The predicted octanol–water partition coefficient (Wildman–Crippen LogP) is 1.81. The van der Waals surface area contributed by atoms with Crippen LogP contribution >= 0.6 is 0 Å². The maximum atomic E-state index is 13.6. The van der Waals surface area contributed by atoms with Gasteiger partial charge in [-0.1, -0.05) is 12.1 Å². The minimum Gasteiger partial charge on any atom is -0.392 e. The van der Waals surface area contributed by atoms with Crippen LogP contribution in [0.25, 0.3) is 0 Å². The highest BCUT2D eigenvalue weighted by Gasteiger charge is 2.19. The van der Waals surface area contributed by atoms with Gasteiger partial charge in [-0.2, -0.15) is 0 Å². The molecule has 106 valence electrons. The van der Waals surface area contributed by atoms with Crippen molar-refractivity contribution in [2.24, 2.45) is 5.73 Å². The van der Waals surface area contributed by atoms with Gasteiger partial charge in [0.05, 0.1) is 6.10 Å². The van der Waals surface area contributed by atoms with Gasteiger partial charge in [0.2, 0.25) is 0 Å². The van der Waals surface area contributed by atoms with E-state index in [0.717, 1.165) is 25.5 Å². The number of halogens is 2. The van der Waals surface area contributed by atoms with Crippen LogP contribution in [0, 0.1) is 11.6 Å². The molecule has 1 aromatic carbocycles. The van der Waals surface area contributed by atoms with Crippen LogP contribution in [0.4, 0.5) is 8.78 Å². The number of hydrogen-bond donors (Lipinski definition) is 2. The lowest BCUT2D eigenvalue weighted by atomic mass is 10.0. The molecule has 1 fully saturated rings. The molecule has 1 aliphatic heterocycles. The smallest absolute Gasteiger partial charge is 0.163 e. The molecule has 1 aliphatic rings. The average Bonchev–Trinajstić information content (AvgIpc) is 2.39. The van der Waals surface area contributed by atoms with Crippen molar-refractivity contribution in [1.29, 1.82) is 0 Å². The van der Waals surface area contributed by atoms with Crippen molar-refractivity contribution in [3.63, 3.8) is 0 Å². The van der Waals surface area contributed by atoms with Gasteiger partial charge in [-0.25, -0.2) is 8.78 Å². The third kappa shape index (κ3) is 3.72. The van der Waals surface area contributed by atoms with E-state index in [1.807, 2.05) is 0 Å². The van der Waals surface area contributed by atoms with Gasteiger partial charge in [0, 0.05) is 24.7 Å². The van der Waals surface area contributed by atoms with Crippen molar-refractivity contribution in [1.82, 2.24) is 4.90 Å². The molecule has 0 bridgehead atoms. The van der Waals surface area contributed by atoms with Gasteiger partial charge in [0.25, 0.3) is 0 Å². The van der Waals surface area contributed by atoms with Crippen LogP contribution in [0.5, 0.6) is 0 Å². The van der Waals surface area contributed by atoms with Crippen molar-refractivity contribution in [3.8, 4) is 0 Å². The molecule has 0 amide bonds. The molecule has 0 aromatic heterocycles. The van der Waals surface area contributed by atoms with Gasteiger partial charge >= 0.3 is 0 Å². The highest BCUT2D eigenvalue weighted by molar-refractivity contribution is 5.22. The fraction of sp³-hybridized carbons (Fsp3) is 0.571. The molecular weight excluding hydrogens is 250 g/mol. The Morgan fingerprint density at radius 3 is 2.95 bits per heavy atom. The first kappa shape index (κ1) is 14.4. The number of piperidine rings is 1. The third-order valence-electron chi connectivity index (χ3n) is 3.62. The number of rotatable bonds is 4. The number of benzene rings is 1. The van der Waals surface area contributed by atoms with E-state index in [2.05, 4.69) is 4.90 Å². The summed E-state index contributed by atoms with van der Waals surface area (Å²) in [7, 11) is 0. The van der Waals surface area contributed by atoms with E-state index >= 15 is 0 Å². The Morgan fingerprint density at radius 2 is 2.21 bits per heavy atom. The van der Waals surface area contributed by atoms with Crippen molar-refractivity contribution in [2.75, 3.05) is 19.6 Å². The summed E-state index contributed by atoms with van der Waals surface area (Å²) in [5, 5.41) is 9.56. The molecule has 19 heavy (non-hydrogen) atoms. The molecule has 0 aliphatic carbocycles. The molecule has 2 rings (SSSR count). The van der Waals surface area contributed by atoms with Gasteiger partial charge < -0.3 is 15.7 Å². The monoisotopic (exact) mass is 270 g/mol. The zero-order valence-corrected chi connectivity index (χ0v) is 10.9. The lowest BCUT2D eigenvalue weighted by Gasteiger charge is -2.30. The Hall–Kier alpha value is -1.04. The molecule has 3 N–H and O–H groups in total. The molecule has 0 radical (unpaired) electrons. The molecule has 1 heterocycles. The van der Waals surface area contributed by atoms with Crippen molar-refractivity contribution < 1.29 is 13.9 Å². The SMILES string of the molecule is NC(CCN1CCCC(O)C1)c1cccc(F)c1F. The Bertz CT molecular complexity index is 428. The molecule has 1 aromatic rings. The van der Waals surface area contributed by atoms with Crippen LogP contribution in [0.3, 0.4) is 0 Å². The van der Waals surface area contributed by atoms with E-state index in [-0.39, 0.29) is 11.7 Å². The average molecular weight is 270 g/mol. The summed E-state index contributed by atoms with van der Waals surface area (Å²) in [6.45, 7) is 2.25. The first-order chi connectivity index (χ1) is 9.08. The van der Waals surface area contributed by atoms with Gasteiger partial charge in [-0.3, -0.25) is 0 Å². The molecule has 2 unspecified atom stereocenters. The molecule has 2 atom stereocenters. The Morgan fingerprint density at radius 1 is 1.42 bits per heavy atom. The Kier molecular flexibility index (Phi) is 4.85. The summed E-state index contributed by atoms with van der Waals surface area (Å²) in [6.07, 6.45) is 2.06. The third-order valence-corrected chi connectivity index (χ3v) is 3.62. The highest BCUT2D eigenvalue weighted by Crippen LogP contribution is 2.21. The Labute approximate surface area is 112 Å². The first-order valence-corrected chi connectivity index (χ1v) is 6.68. The maximum absolute atomic E-state index is 13.6. The second-order valence-electron chi connectivity index (χ2n) is 5.13. The number of aliphatic hydroxyl groups is 1. The quantitative estimate of drug-likeness (QED) is 0.877. The highest BCUT2D eigenvalue weighted by atomic mass is 19.2. The van der Waals surface area contributed by atoms with Crippen molar-refractivity contribution in [3.05, 3.63) is 35.4 Å². The molecule has 1 saturated heterocycles. The van der Waals surface area contributed by atoms with E-state index in [9.17, 15) is 13.9 Å². The molecular formula is C14H20F2N2O. The number of hydrogen-bond acceptors (Lipinski definition) is 3. The van der Waals surface area contributed by atoms with Crippen LogP contribution in [-0.2, 0) is 0 Å². The molecule has 5 heteroatoms. The summed E-state index contributed by atoms with van der Waals surface area (Å²) < 4.78 is 26.7. The zero-order chi connectivity index (χ0) is 13.8. The molecule has 0 spiro atoms. The van der Waals surface area contributed by atoms with Gasteiger partial charge in [0.15, 0.2) is 11.6 Å². The van der Waals surface area contributed by atoms with Crippen molar-refractivity contribution >= 4 is 0 Å². The number of likely N-dealkylation sites (tertiary alicyclic amines) is 1. The zero-order valence-electron chi connectivity index (χ0n) is 10.9. The second kappa shape index (κ2) is 6.41. The number of nitrogens with zero attached hydrogens (tertiary/aromatic N) is 1. The topological polar surface area (TPSA) is 49.5 Å². The van der Waals surface area contributed by atoms with E-state index in [1.54, 1.807) is 0 Å². The normalized spacial score (nSPS) is 22.4. The summed E-state index contributed by atoms with van der Waals surface area (Å²) in [6, 6.07) is 3.56. The first-order valence-electron chi connectivity index (χ1n) is 6.68. The maximum Gasteiger partial charge on any atom is 0.163 e. The van der Waals surface area contributed by atoms with Gasteiger partial charge in [-0.15, -0.1) is 0 Å². The van der Waals surface area contributed by atoms with Crippen LogP contribution in [0.15, 0.2) is 18.2 Å². The van der Waals surface area contributed by atoms with Gasteiger partial charge in [-0.05, 0) is 31.9 Å². The van der Waals surface area contributed by atoms with Gasteiger partial charge in [0.1, 0.15) is 0 Å². The second-order valence-corrected chi connectivity index (χ2v) is 5.13. The number of β-amino-alcohol motifs (C(OH)–C–C–N with tert-alkyl or cyclic N) is 1. The van der Waals surface area contributed by atoms with E-state index < -0.39 is 17.7 Å². The minimum absolute atomic E-state index is 0.220. The lowest BCUT2D eigenvalue weighted by Crippen LogP contribution is -2.39. The van der Waals surface area contributed by atoms with Crippen LogP contribution < -0.4 is 5.73 Å². The molecule has 3 nitrogen and oxygen atoms in total. The van der Waals surface area contributed by atoms with Crippen LogP contribution in [0.1, 0.15) is 30.9 Å². The Balaban J connectivity index is 1.90. The minimum atomic E-state index is -0.860. The fourth-order valence-electron chi connectivity index (χ4n) is 2.52. The van der Waals surface area contributed by atoms with Crippen molar-refractivity contribution in [2.45, 2.75) is 31.4 Å². The standard InChI is InChI=1S/C14H20F2N2O/c15-12-5-1-4-11(14(12)16)13(17)6-8-18-7-2-3-10(19)9-18/h1,4-5,10,13,19H,2-3,6-9,17H2. The summed E-state index contributed by atoms with van der Waals surface area (Å²) >= 11 is 0. The fourth-order valence-corrected chi connectivity index (χ4v) is 2.52. The summed E-state index contributed by atoms with van der Waals surface area (Å²) in [5.41, 5.74) is 6.14. The van der Waals surface area contributed by atoms with Crippen LogP contribution in [0.2, 0.25) is 0 Å². The number of aliphatic hydroxyl groups excluding tert-OH is 1. The van der Waals surface area contributed by atoms with E-state index in [0.29, 0.717) is 19.5 Å². The van der Waals surface area contributed by atoms with E-state index in [4.69, 9.17) is 5.73 Å². The number of nitrogens with two attached hydrogens (primary N) is 1. The van der Waals surface area contributed by atoms with Crippen LogP contribution in [-0.4, -0.2) is 35.7 Å². The largest absolute Gasteiger partial charge is 0.392 e. The molecule has 0 saturated carbocycles.